The minimum absolute atomic E-state index is 0.0269. The van der Waals surface area contributed by atoms with Crippen molar-refractivity contribution in [2.75, 3.05) is 0 Å². The zero-order valence-corrected chi connectivity index (χ0v) is 14.1. The van der Waals surface area contributed by atoms with Gasteiger partial charge in [-0.3, -0.25) is 9.59 Å². The lowest BCUT2D eigenvalue weighted by molar-refractivity contribution is -0.142. The molecule has 2 heterocycles. The summed E-state index contributed by atoms with van der Waals surface area (Å²) < 4.78 is 0. The van der Waals surface area contributed by atoms with Gasteiger partial charge in [-0.05, 0) is 6.92 Å². The van der Waals surface area contributed by atoms with Gasteiger partial charge in [0.05, 0.1) is 18.7 Å². The number of amides is 2. The zero-order chi connectivity index (χ0) is 19.1. The Kier molecular flexibility index (Phi) is 6.44. The van der Waals surface area contributed by atoms with E-state index in [9.17, 15) is 19.5 Å². The van der Waals surface area contributed by atoms with Crippen LogP contribution in [0.1, 0.15) is 18.3 Å². The Balaban J connectivity index is 2.09. The van der Waals surface area contributed by atoms with Crippen molar-refractivity contribution in [2.24, 2.45) is 5.73 Å². The van der Waals surface area contributed by atoms with Gasteiger partial charge in [-0.15, -0.1) is 0 Å². The summed E-state index contributed by atoms with van der Waals surface area (Å²) in [4.78, 5) is 49.2. The highest BCUT2D eigenvalue weighted by Gasteiger charge is 2.28. The summed E-state index contributed by atoms with van der Waals surface area (Å²) in [6.45, 7) is 1.48. The second kappa shape index (κ2) is 8.76. The fourth-order valence-corrected chi connectivity index (χ4v) is 2.22. The third-order valence-corrected chi connectivity index (χ3v) is 3.62. The van der Waals surface area contributed by atoms with E-state index in [1.54, 1.807) is 0 Å². The summed E-state index contributed by atoms with van der Waals surface area (Å²) in [5, 5.41) is 14.3. The molecule has 0 aliphatic carbocycles. The van der Waals surface area contributed by atoms with Crippen LogP contribution >= 0.6 is 0 Å². The highest BCUT2D eigenvalue weighted by Crippen LogP contribution is 2.03. The third kappa shape index (κ3) is 5.41. The molecule has 0 aromatic carbocycles. The standard InChI is InChI=1S/C15H21N7O4/c1-8(16)13(23)21-11(2-9-4-17-6-19-9)14(24)22-12(15(25)26)3-10-5-18-7-20-10/h4-8,11-12H,2-3,16H2,1H3,(H,17,19)(H,18,20)(H,21,23)(H,22,24)(H,25,26). The van der Waals surface area contributed by atoms with Crippen molar-refractivity contribution >= 4 is 17.8 Å². The van der Waals surface area contributed by atoms with Crippen LogP contribution in [0.5, 0.6) is 0 Å². The molecule has 2 amide bonds. The fraction of sp³-hybridized carbons (Fsp3) is 0.400. The largest absolute Gasteiger partial charge is 0.480 e. The van der Waals surface area contributed by atoms with E-state index in [-0.39, 0.29) is 12.8 Å². The van der Waals surface area contributed by atoms with Gasteiger partial charge in [0.15, 0.2) is 0 Å². The molecule has 0 saturated heterocycles. The average Bonchev–Trinajstić information content (AvgIpc) is 3.26. The molecule has 2 aromatic rings. The number of H-pyrrole nitrogens is 2. The summed E-state index contributed by atoms with van der Waals surface area (Å²) in [6, 6.07) is -3.00. The van der Waals surface area contributed by atoms with Crippen molar-refractivity contribution in [1.29, 1.82) is 0 Å². The van der Waals surface area contributed by atoms with E-state index in [0.29, 0.717) is 11.4 Å². The number of carboxylic acid groups (broad SMARTS) is 1. The van der Waals surface area contributed by atoms with Crippen LogP contribution in [-0.4, -0.2) is 61.0 Å². The molecule has 26 heavy (non-hydrogen) atoms. The molecule has 0 fully saturated rings. The van der Waals surface area contributed by atoms with E-state index in [1.807, 2.05) is 0 Å². The lowest BCUT2D eigenvalue weighted by Crippen LogP contribution is -2.55. The molecule has 11 nitrogen and oxygen atoms in total. The quantitative estimate of drug-likeness (QED) is 0.308. The van der Waals surface area contributed by atoms with Crippen molar-refractivity contribution in [3.8, 4) is 0 Å². The van der Waals surface area contributed by atoms with Crippen molar-refractivity contribution < 1.29 is 19.5 Å². The number of hydrogen-bond donors (Lipinski definition) is 6. The molecule has 0 aliphatic heterocycles. The number of rotatable bonds is 9. The van der Waals surface area contributed by atoms with Crippen LogP contribution in [0.15, 0.2) is 25.0 Å². The number of aromatic nitrogens is 4. The summed E-state index contributed by atoms with van der Waals surface area (Å²) in [5.74, 6) is -2.36. The van der Waals surface area contributed by atoms with E-state index in [0.717, 1.165) is 0 Å². The van der Waals surface area contributed by atoms with Gasteiger partial charge in [0.25, 0.3) is 0 Å². The molecule has 140 valence electrons. The molecule has 0 bridgehead atoms. The Hall–Kier alpha value is -3.21. The minimum Gasteiger partial charge on any atom is -0.480 e. The number of aliphatic carboxylic acids is 1. The summed E-state index contributed by atoms with van der Waals surface area (Å²) in [5.41, 5.74) is 6.69. The van der Waals surface area contributed by atoms with Crippen LogP contribution in [0.3, 0.4) is 0 Å². The number of imidazole rings is 2. The number of aromatic amines is 2. The highest BCUT2D eigenvalue weighted by atomic mass is 16.4. The van der Waals surface area contributed by atoms with E-state index in [1.165, 1.54) is 32.0 Å². The summed E-state index contributed by atoms with van der Waals surface area (Å²) >= 11 is 0. The van der Waals surface area contributed by atoms with Crippen molar-refractivity contribution in [3.63, 3.8) is 0 Å². The maximum atomic E-state index is 12.6. The number of carbonyl (C=O) groups is 3. The van der Waals surface area contributed by atoms with Crippen LogP contribution in [0.25, 0.3) is 0 Å². The third-order valence-electron chi connectivity index (χ3n) is 3.62. The first-order chi connectivity index (χ1) is 12.4. The first-order valence-electron chi connectivity index (χ1n) is 7.90. The Morgan fingerprint density at radius 1 is 1.04 bits per heavy atom. The topological polar surface area (TPSA) is 179 Å². The molecule has 0 spiro atoms. The Morgan fingerprint density at radius 3 is 1.96 bits per heavy atom. The molecule has 0 saturated carbocycles. The van der Waals surface area contributed by atoms with Crippen LogP contribution in [-0.2, 0) is 27.2 Å². The van der Waals surface area contributed by atoms with Gasteiger partial charge >= 0.3 is 5.97 Å². The second-order valence-electron chi connectivity index (χ2n) is 5.81. The normalized spacial score (nSPS) is 14.2. The highest BCUT2D eigenvalue weighted by molar-refractivity contribution is 5.91. The fourth-order valence-electron chi connectivity index (χ4n) is 2.22. The number of nitrogens with zero attached hydrogens (tertiary/aromatic N) is 2. The molecule has 2 rings (SSSR count). The van der Waals surface area contributed by atoms with Gasteiger partial charge in [-0.2, -0.15) is 0 Å². The van der Waals surface area contributed by atoms with Crippen LogP contribution in [0.2, 0.25) is 0 Å². The van der Waals surface area contributed by atoms with E-state index >= 15 is 0 Å². The molecule has 3 atom stereocenters. The maximum Gasteiger partial charge on any atom is 0.326 e. The van der Waals surface area contributed by atoms with Gasteiger partial charge < -0.3 is 31.4 Å². The smallest absolute Gasteiger partial charge is 0.326 e. The molecular weight excluding hydrogens is 342 g/mol. The SMILES string of the molecule is CC(N)C(=O)NC(Cc1cnc[nH]1)C(=O)NC(Cc1cnc[nH]1)C(=O)O. The second-order valence-corrected chi connectivity index (χ2v) is 5.81. The number of carbonyl (C=O) groups excluding carboxylic acids is 2. The molecule has 0 radical (unpaired) electrons. The Labute approximate surface area is 148 Å². The molecular formula is C15H21N7O4. The number of hydrogen-bond acceptors (Lipinski definition) is 6. The Morgan fingerprint density at radius 2 is 1.54 bits per heavy atom. The Bertz CT molecular complexity index is 727. The maximum absolute atomic E-state index is 12.6. The molecule has 7 N–H and O–H groups in total. The van der Waals surface area contributed by atoms with Crippen LogP contribution in [0.4, 0.5) is 0 Å². The van der Waals surface area contributed by atoms with Gasteiger partial charge in [0, 0.05) is 36.6 Å². The summed E-state index contributed by atoms with van der Waals surface area (Å²) in [6.07, 6.45) is 5.98. The van der Waals surface area contributed by atoms with Gasteiger partial charge in [-0.25, -0.2) is 14.8 Å². The molecule has 11 heteroatoms. The first-order valence-corrected chi connectivity index (χ1v) is 7.90. The van der Waals surface area contributed by atoms with E-state index < -0.39 is 35.9 Å². The molecule has 0 aliphatic rings. The minimum atomic E-state index is -1.20. The van der Waals surface area contributed by atoms with Crippen molar-refractivity contribution in [2.45, 2.75) is 37.9 Å². The first kappa shape index (κ1) is 19.1. The zero-order valence-electron chi connectivity index (χ0n) is 14.1. The van der Waals surface area contributed by atoms with E-state index in [4.69, 9.17) is 5.73 Å². The predicted octanol–water partition coefficient (Wildman–Crippen LogP) is -1.68. The van der Waals surface area contributed by atoms with Crippen molar-refractivity contribution in [3.05, 3.63) is 36.4 Å². The van der Waals surface area contributed by atoms with Gasteiger partial charge in [0.1, 0.15) is 12.1 Å². The summed E-state index contributed by atoms with van der Waals surface area (Å²) in [7, 11) is 0. The predicted molar refractivity (Wildman–Crippen MR) is 89.7 cm³/mol. The van der Waals surface area contributed by atoms with Gasteiger partial charge in [-0.1, -0.05) is 0 Å². The van der Waals surface area contributed by atoms with E-state index in [2.05, 4.69) is 30.6 Å². The number of nitrogens with one attached hydrogen (secondary N) is 4. The lowest BCUT2D eigenvalue weighted by Gasteiger charge is -2.21. The van der Waals surface area contributed by atoms with Crippen LogP contribution < -0.4 is 16.4 Å². The number of nitrogens with two attached hydrogens (primary N) is 1. The number of carboxylic acids is 1. The average molecular weight is 363 g/mol. The molecule has 3 unspecified atom stereocenters. The van der Waals surface area contributed by atoms with Crippen molar-refractivity contribution in [1.82, 2.24) is 30.6 Å². The molecule has 2 aromatic heterocycles. The van der Waals surface area contributed by atoms with Gasteiger partial charge in [0.2, 0.25) is 11.8 Å². The lowest BCUT2D eigenvalue weighted by atomic mass is 10.1. The van der Waals surface area contributed by atoms with Crippen LogP contribution in [0, 0.1) is 0 Å². The monoisotopic (exact) mass is 363 g/mol.